The number of nitrogens with zero attached hydrogens (tertiary/aromatic N) is 2. The van der Waals surface area contributed by atoms with Crippen LogP contribution in [0.1, 0.15) is 133 Å². The standard InChI is InChI=1S/C35H55N2/c1-7-10-13-15-16-17-19-31-24-29(4)25-35(28-31)36-37(6)30(5)26-32-22-23-33(20-12-9-3)34(27-32)21-18-14-11-8-2/h22-28H,7-21H2,1-6H3/q+1. The van der Waals surface area contributed by atoms with Gasteiger partial charge in [-0.2, -0.15) is 0 Å². The first kappa shape index (κ1) is 31.0. The van der Waals surface area contributed by atoms with Crippen molar-refractivity contribution in [1.29, 1.82) is 0 Å². The van der Waals surface area contributed by atoms with Gasteiger partial charge in [-0.3, -0.25) is 0 Å². The third-order valence-electron chi connectivity index (χ3n) is 7.42. The van der Waals surface area contributed by atoms with Crippen molar-refractivity contribution in [2.24, 2.45) is 5.11 Å². The molecule has 0 heterocycles. The molecule has 37 heavy (non-hydrogen) atoms. The first-order valence-electron chi connectivity index (χ1n) is 15.3. The van der Waals surface area contributed by atoms with Crippen molar-refractivity contribution in [3.63, 3.8) is 0 Å². The molecule has 0 bridgehead atoms. The Labute approximate surface area is 229 Å². The van der Waals surface area contributed by atoms with Crippen molar-refractivity contribution >= 4 is 11.8 Å². The largest absolute Gasteiger partial charge is 0.205 e. The van der Waals surface area contributed by atoms with Gasteiger partial charge in [-0.25, -0.2) is 0 Å². The lowest BCUT2D eigenvalue weighted by Crippen LogP contribution is -2.00. The first-order valence-corrected chi connectivity index (χ1v) is 15.3. The summed E-state index contributed by atoms with van der Waals surface area (Å²) >= 11 is 0. The van der Waals surface area contributed by atoms with E-state index in [1.807, 2.05) is 4.70 Å². The fourth-order valence-electron chi connectivity index (χ4n) is 5.06. The maximum absolute atomic E-state index is 4.96. The summed E-state index contributed by atoms with van der Waals surface area (Å²) in [7, 11) is 2.07. The minimum absolute atomic E-state index is 1.06. The Balaban J connectivity index is 2.12. The summed E-state index contributed by atoms with van der Waals surface area (Å²) in [5.74, 6) is 0. The number of azo groups is 2. The molecule has 2 aromatic rings. The van der Waals surface area contributed by atoms with Crippen molar-refractivity contribution in [1.82, 2.24) is 0 Å². The second-order valence-electron chi connectivity index (χ2n) is 11.0. The number of aryl methyl sites for hydroxylation is 4. The molecule has 0 amide bonds. The van der Waals surface area contributed by atoms with Crippen LogP contribution in [0.4, 0.5) is 5.69 Å². The molecule has 0 aromatic heterocycles. The second kappa shape index (κ2) is 18.1. The molecule has 0 radical (unpaired) electrons. The van der Waals surface area contributed by atoms with Crippen LogP contribution in [0.25, 0.3) is 6.08 Å². The molecule has 2 heteroatoms. The predicted molar refractivity (Wildman–Crippen MR) is 163 cm³/mol. The summed E-state index contributed by atoms with van der Waals surface area (Å²) in [6, 6.07) is 13.9. The van der Waals surface area contributed by atoms with Crippen LogP contribution in [0.15, 0.2) is 47.2 Å². The van der Waals surface area contributed by atoms with E-state index < -0.39 is 0 Å². The van der Waals surface area contributed by atoms with E-state index in [-0.39, 0.29) is 0 Å². The molecule has 204 valence electrons. The van der Waals surface area contributed by atoms with E-state index >= 15 is 0 Å². The summed E-state index contributed by atoms with van der Waals surface area (Å²) in [5.41, 5.74) is 9.32. The van der Waals surface area contributed by atoms with Crippen LogP contribution in [-0.2, 0) is 19.3 Å². The number of unbranched alkanes of at least 4 members (excludes halogenated alkanes) is 9. The number of hydrogen-bond donors (Lipinski definition) is 0. The minimum Gasteiger partial charge on any atom is -0.0909 e. The van der Waals surface area contributed by atoms with Crippen LogP contribution in [0, 0.1) is 6.92 Å². The molecule has 0 aliphatic rings. The van der Waals surface area contributed by atoms with Gasteiger partial charge in [-0.1, -0.05) is 108 Å². The average molecular weight is 504 g/mol. The van der Waals surface area contributed by atoms with E-state index in [1.54, 1.807) is 11.1 Å². The fraction of sp³-hybridized carbons (Fsp3) is 0.600. The highest BCUT2D eigenvalue weighted by Crippen LogP contribution is 2.23. The number of hydrogen-bond acceptors (Lipinski definition) is 1. The summed E-state index contributed by atoms with van der Waals surface area (Å²) in [4.78, 5) is 0. The van der Waals surface area contributed by atoms with Gasteiger partial charge in [-0.15, -0.1) is 0 Å². The smallest absolute Gasteiger partial charge is 0.0909 e. The molecule has 2 rings (SSSR count). The van der Waals surface area contributed by atoms with Crippen molar-refractivity contribution in [2.75, 3.05) is 7.05 Å². The lowest BCUT2D eigenvalue weighted by Gasteiger charge is -2.11. The number of allylic oxidation sites excluding steroid dienone is 1. The molecular weight excluding hydrogens is 448 g/mol. The Kier molecular flexibility index (Phi) is 15.2. The Hall–Kier alpha value is -2.22. The maximum Gasteiger partial charge on any atom is 0.205 e. The van der Waals surface area contributed by atoms with Gasteiger partial charge in [0.15, 0.2) is 7.05 Å². The Morgan fingerprint density at radius 2 is 1.32 bits per heavy atom. The van der Waals surface area contributed by atoms with Gasteiger partial charge in [0.25, 0.3) is 0 Å². The van der Waals surface area contributed by atoms with Gasteiger partial charge in [0.2, 0.25) is 5.70 Å². The SMILES string of the molecule is CCCCCCCCc1cc(C)cc(N=[N+](C)C(C)=Cc2ccc(CCCC)c(CCCCCC)c2)c1. The molecule has 0 aliphatic heterocycles. The third kappa shape index (κ3) is 12.2. The van der Waals surface area contributed by atoms with E-state index in [0.717, 1.165) is 17.8 Å². The third-order valence-corrected chi connectivity index (χ3v) is 7.42. The van der Waals surface area contributed by atoms with Gasteiger partial charge >= 0.3 is 0 Å². The van der Waals surface area contributed by atoms with Crippen LogP contribution in [0.2, 0.25) is 0 Å². The van der Waals surface area contributed by atoms with E-state index in [4.69, 9.17) is 5.11 Å². The highest BCUT2D eigenvalue weighted by atomic mass is 15.2. The van der Waals surface area contributed by atoms with E-state index in [1.165, 1.54) is 107 Å². The Morgan fingerprint density at radius 3 is 2.05 bits per heavy atom. The monoisotopic (exact) mass is 503 g/mol. The zero-order chi connectivity index (χ0) is 26.9. The molecular formula is C35H55N2+. The molecule has 0 fully saturated rings. The molecule has 0 saturated heterocycles. The van der Waals surface area contributed by atoms with E-state index in [2.05, 4.69) is 84.1 Å². The quantitative estimate of drug-likeness (QED) is 0.109. The summed E-state index contributed by atoms with van der Waals surface area (Å²) in [5, 5.41) is 4.96. The predicted octanol–water partition coefficient (Wildman–Crippen LogP) is 11.2. The molecule has 0 unspecified atom stereocenters. The molecule has 0 aliphatic carbocycles. The maximum atomic E-state index is 4.96. The molecule has 0 atom stereocenters. The molecule has 0 spiro atoms. The van der Waals surface area contributed by atoms with Crippen molar-refractivity contribution < 1.29 is 4.70 Å². The van der Waals surface area contributed by atoms with Gasteiger partial charge < -0.3 is 0 Å². The molecule has 2 aromatic carbocycles. The van der Waals surface area contributed by atoms with E-state index in [9.17, 15) is 0 Å². The van der Waals surface area contributed by atoms with Crippen LogP contribution in [0.3, 0.4) is 0 Å². The van der Waals surface area contributed by atoms with Gasteiger partial charge in [0.1, 0.15) is 5.69 Å². The van der Waals surface area contributed by atoms with Gasteiger partial charge in [0.05, 0.1) is 0 Å². The van der Waals surface area contributed by atoms with Crippen LogP contribution < -0.4 is 0 Å². The number of rotatable bonds is 18. The van der Waals surface area contributed by atoms with Crippen LogP contribution >= 0.6 is 0 Å². The van der Waals surface area contributed by atoms with Crippen molar-refractivity contribution in [2.45, 2.75) is 131 Å². The first-order chi connectivity index (χ1) is 18.0. The lowest BCUT2D eigenvalue weighted by molar-refractivity contribution is -0.510. The highest BCUT2D eigenvalue weighted by molar-refractivity contribution is 5.53. The normalized spacial score (nSPS) is 12.4. The Bertz CT molecular complexity index is 983. The van der Waals surface area contributed by atoms with Crippen LogP contribution in [-0.4, -0.2) is 11.7 Å². The molecule has 2 nitrogen and oxygen atoms in total. The fourth-order valence-corrected chi connectivity index (χ4v) is 5.06. The van der Waals surface area contributed by atoms with Gasteiger partial charge in [-0.05, 0) is 90.5 Å². The second-order valence-corrected chi connectivity index (χ2v) is 11.0. The molecule has 0 saturated carbocycles. The zero-order valence-corrected chi connectivity index (χ0v) is 25.0. The zero-order valence-electron chi connectivity index (χ0n) is 25.0. The summed E-state index contributed by atoms with van der Waals surface area (Å²) in [6.07, 6.45) is 21.7. The average Bonchev–Trinajstić information content (AvgIpc) is 2.87. The summed E-state index contributed by atoms with van der Waals surface area (Å²) in [6.45, 7) is 11.2. The number of benzene rings is 2. The Morgan fingerprint density at radius 1 is 0.703 bits per heavy atom. The lowest BCUT2D eigenvalue weighted by atomic mass is 9.95. The van der Waals surface area contributed by atoms with Crippen LogP contribution in [0.5, 0.6) is 0 Å². The van der Waals surface area contributed by atoms with Crippen molar-refractivity contribution in [3.8, 4) is 0 Å². The van der Waals surface area contributed by atoms with Crippen molar-refractivity contribution in [3.05, 3.63) is 69.9 Å². The highest BCUT2D eigenvalue weighted by Gasteiger charge is 2.09. The summed E-state index contributed by atoms with van der Waals surface area (Å²) < 4.78 is 2.04. The minimum atomic E-state index is 1.06. The topological polar surface area (TPSA) is 15.4 Å². The van der Waals surface area contributed by atoms with E-state index in [0.29, 0.717) is 0 Å². The van der Waals surface area contributed by atoms with Gasteiger partial charge in [0, 0.05) is 13.0 Å². The molecule has 0 N–H and O–H groups in total.